The zero-order valence-electron chi connectivity index (χ0n) is 20.5. The average Bonchev–Trinajstić information content (AvgIpc) is 3.63. The summed E-state index contributed by atoms with van der Waals surface area (Å²) in [5.41, 5.74) is 0.590. The topological polar surface area (TPSA) is 102 Å². The van der Waals surface area contributed by atoms with Gasteiger partial charge >= 0.3 is 0 Å². The number of amides is 2. The van der Waals surface area contributed by atoms with Crippen molar-refractivity contribution < 1.29 is 18.7 Å². The second-order valence-electron chi connectivity index (χ2n) is 9.22. The first kappa shape index (κ1) is 25.9. The molecule has 11 heteroatoms. The van der Waals surface area contributed by atoms with Gasteiger partial charge in [-0.15, -0.1) is 21.5 Å². The van der Waals surface area contributed by atoms with Gasteiger partial charge < -0.3 is 15.0 Å². The molecule has 4 rings (SSSR count). The highest BCUT2D eigenvalue weighted by Gasteiger charge is 2.35. The predicted octanol–water partition coefficient (Wildman–Crippen LogP) is 3.45. The van der Waals surface area contributed by atoms with Gasteiger partial charge in [0.1, 0.15) is 18.4 Å². The largest absolute Gasteiger partial charge is 0.376 e. The van der Waals surface area contributed by atoms with E-state index in [1.165, 1.54) is 28.3 Å². The van der Waals surface area contributed by atoms with Crippen molar-refractivity contribution in [2.24, 2.45) is 5.92 Å². The quantitative estimate of drug-likeness (QED) is 0.421. The Labute approximate surface area is 213 Å². The lowest BCUT2D eigenvalue weighted by Gasteiger charge is -2.32. The Morgan fingerprint density at radius 2 is 2.08 bits per heavy atom. The van der Waals surface area contributed by atoms with Crippen LogP contribution in [-0.2, 0) is 20.9 Å². The van der Waals surface area contributed by atoms with Crippen LogP contribution < -0.4 is 5.32 Å². The highest BCUT2D eigenvalue weighted by atomic mass is 32.1. The molecule has 1 aliphatic rings. The van der Waals surface area contributed by atoms with Crippen LogP contribution in [0.3, 0.4) is 0 Å². The van der Waals surface area contributed by atoms with Crippen LogP contribution in [0.15, 0.2) is 41.8 Å². The molecular formula is C25H31FN6O3S. The van der Waals surface area contributed by atoms with E-state index in [0.29, 0.717) is 31.2 Å². The van der Waals surface area contributed by atoms with Gasteiger partial charge in [0.25, 0.3) is 0 Å². The minimum absolute atomic E-state index is 0.140. The van der Waals surface area contributed by atoms with Crippen molar-refractivity contribution >= 4 is 23.2 Å². The first-order valence-electron chi connectivity index (χ1n) is 12.2. The number of carbonyl (C=O) groups excluding carboxylic acids is 2. The molecule has 0 saturated carbocycles. The van der Waals surface area contributed by atoms with Gasteiger partial charge in [0.2, 0.25) is 17.6 Å². The van der Waals surface area contributed by atoms with Crippen molar-refractivity contribution in [2.45, 2.75) is 51.8 Å². The summed E-state index contributed by atoms with van der Waals surface area (Å²) in [6.45, 7) is 5.47. The Kier molecular flexibility index (Phi) is 8.76. The fraction of sp³-hybridized carbons (Fsp3) is 0.480. The smallest absolute Gasteiger partial charge is 0.248 e. The Bertz CT molecular complexity index is 1130. The number of aromatic nitrogens is 4. The van der Waals surface area contributed by atoms with Crippen LogP contribution in [0.1, 0.15) is 44.0 Å². The molecule has 3 heterocycles. The molecule has 2 unspecified atom stereocenters. The minimum atomic E-state index is -0.783. The van der Waals surface area contributed by atoms with Crippen molar-refractivity contribution in [3.05, 3.63) is 52.5 Å². The van der Waals surface area contributed by atoms with Crippen LogP contribution in [0.5, 0.6) is 0 Å². The number of ether oxygens (including phenoxy) is 1. The van der Waals surface area contributed by atoms with E-state index in [0.717, 1.165) is 24.1 Å². The third-order valence-electron chi connectivity index (χ3n) is 5.97. The summed E-state index contributed by atoms with van der Waals surface area (Å²) in [6.07, 6.45) is 2.45. The third-order valence-corrected chi connectivity index (χ3v) is 6.89. The van der Waals surface area contributed by atoms with Gasteiger partial charge in [-0.2, -0.15) is 4.80 Å². The maximum absolute atomic E-state index is 13.6. The van der Waals surface area contributed by atoms with Crippen molar-refractivity contribution in [3.63, 3.8) is 0 Å². The van der Waals surface area contributed by atoms with E-state index in [2.05, 4.69) is 34.6 Å². The van der Waals surface area contributed by atoms with Crippen LogP contribution in [-0.4, -0.2) is 62.7 Å². The van der Waals surface area contributed by atoms with E-state index in [1.54, 1.807) is 17.0 Å². The number of tetrazole rings is 1. The number of nitrogens with zero attached hydrogens (tertiary/aromatic N) is 5. The van der Waals surface area contributed by atoms with E-state index in [4.69, 9.17) is 4.74 Å². The Balaban J connectivity index is 1.55. The molecule has 192 valence electrons. The predicted molar refractivity (Wildman–Crippen MR) is 133 cm³/mol. The monoisotopic (exact) mass is 514 g/mol. The average molecular weight is 515 g/mol. The van der Waals surface area contributed by atoms with Gasteiger partial charge in [0.15, 0.2) is 0 Å². The summed E-state index contributed by atoms with van der Waals surface area (Å²) in [4.78, 5) is 30.6. The highest BCUT2D eigenvalue weighted by molar-refractivity contribution is 7.10. The van der Waals surface area contributed by atoms with E-state index in [1.807, 2.05) is 17.5 Å². The van der Waals surface area contributed by atoms with Crippen molar-refractivity contribution in [1.82, 2.24) is 30.4 Å². The van der Waals surface area contributed by atoms with Crippen molar-refractivity contribution in [2.75, 3.05) is 19.7 Å². The van der Waals surface area contributed by atoms with Crippen molar-refractivity contribution in [3.8, 4) is 11.4 Å². The molecular weight excluding hydrogens is 483 g/mol. The molecule has 36 heavy (non-hydrogen) atoms. The number of hydrogen-bond donors (Lipinski definition) is 1. The molecule has 1 fully saturated rings. The maximum atomic E-state index is 13.6. The minimum Gasteiger partial charge on any atom is -0.376 e. The Hall–Kier alpha value is -3.18. The Morgan fingerprint density at radius 3 is 2.75 bits per heavy atom. The molecule has 1 N–H and O–H groups in total. The first-order chi connectivity index (χ1) is 17.4. The molecule has 3 aromatic rings. The fourth-order valence-corrected chi connectivity index (χ4v) is 4.88. The molecule has 0 bridgehead atoms. The number of benzene rings is 1. The number of carbonyl (C=O) groups is 2. The van der Waals surface area contributed by atoms with Gasteiger partial charge in [0.05, 0.1) is 6.10 Å². The Morgan fingerprint density at radius 1 is 1.28 bits per heavy atom. The molecule has 1 aromatic carbocycles. The van der Waals surface area contributed by atoms with Gasteiger partial charge in [0, 0.05) is 30.1 Å². The van der Waals surface area contributed by atoms with E-state index < -0.39 is 6.04 Å². The second kappa shape index (κ2) is 12.2. The zero-order valence-corrected chi connectivity index (χ0v) is 21.3. The lowest BCUT2D eigenvalue weighted by molar-refractivity contribution is -0.143. The van der Waals surface area contributed by atoms with E-state index in [-0.39, 0.29) is 36.1 Å². The molecule has 1 saturated heterocycles. The van der Waals surface area contributed by atoms with Crippen LogP contribution in [0, 0.1) is 11.7 Å². The number of rotatable bonds is 11. The van der Waals surface area contributed by atoms with Crippen LogP contribution >= 0.6 is 11.3 Å². The summed E-state index contributed by atoms with van der Waals surface area (Å²) in [5, 5.41) is 17.2. The second-order valence-corrected chi connectivity index (χ2v) is 10.2. The fourth-order valence-electron chi connectivity index (χ4n) is 4.05. The van der Waals surface area contributed by atoms with E-state index in [9.17, 15) is 14.0 Å². The van der Waals surface area contributed by atoms with E-state index >= 15 is 0 Å². The summed E-state index contributed by atoms with van der Waals surface area (Å²) in [7, 11) is 0. The molecule has 2 aromatic heterocycles. The molecule has 2 amide bonds. The number of hydrogen-bond acceptors (Lipinski definition) is 7. The molecule has 1 aliphatic heterocycles. The molecule has 2 atom stereocenters. The van der Waals surface area contributed by atoms with Crippen molar-refractivity contribution in [1.29, 1.82) is 0 Å². The number of thiophene rings is 1. The van der Waals surface area contributed by atoms with Gasteiger partial charge in [-0.05, 0) is 66.1 Å². The summed E-state index contributed by atoms with van der Waals surface area (Å²) in [5.74, 6) is -0.162. The number of nitrogens with one attached hydrogen (secondary N) is 1. The number of halogens is 1. The summed E-state index contributed by atoms with van der Waals surface area (Å²) in [6, 6.07) is 8.69. The van der Waals surface area contributed by atoms with Crippen LogP contribution in [0.25, 0.3) is 11.4 Å². The third kappa shape index (κ3) is 6.73. The molecule has 0 radical (unpaired) electrons. The molecule has 9 nitrogen and oxygen atoms in total. The maximum Gasteiger partial charge on any atom is 0.248 e. The zero-order chi connectivity index (χ0) is 25.5. The highest BCUT2D eigenvalue weighted by Crippen LogP contribution is 2.28. The lowest BCUT2D eigenvalue weighted by atomic mass is 10.1. The molecule has 0 aliphatic carbocycles. The summed E-state index contributed by atoms with van der Waals surface area (Å²) < 4.78 is 19.1. The van der Waals surface area contributed by atoms with Gasteiger partial charge in [-0.1, -0.05) is 19.9 Å². The van der Waals surface area contributed by atoms with Gasteiger partial charge in [-0.25, -0.2) is 4.39 Å². The first-order valence-corrected chi connectivity index (χ1v) is 13.0. The van der Waals surface area contributed by atoms with Crippen LogP contribution in [0.4, 0.5) is 4.39 Å². The van der Waals surface area contributed by atoms with Gasteiger partial charge in [-0.3, -0.25) is 9.59 Å². The molecule has 0 spiro atoms. The summed E-state index contributed by atoms with van der Waals surface area (Å²) >= 11 is 1.44. The lowest BCUT2D eigenvalue weighted by Crippen LogP contribution is -2.47. The standard InChI is InChI=1S/C25H31FN6O3S/c1-17(2)11-12-27-25(34)23(21-6-4-14-36-21)31(15-20-5-3-13-35-20)22(33)16-32-29-24(28-30-32)18-7-9-19(26)10-8-18/h4,6-10,14,17,20,23H,3,5,11-13,15-16H2,1-2H3,(H,27,34). The van der Waals surface area contributed by atoms with Crippen LogP contribution in [0.2, 0.25) is 0 Å². The normalized spacial score (nSPS) is 16.3. The SMILES string of the molecule is CC(C)CCNC(=O)C(c1cccs1)N(CC1CCCO1)C(=O)Cn1nnc(-c2ccc(F)cc2)n1.